The Morgan fingerprint density at radius 2 is 1.77 bits per heavy atom. The number of aryl methyl sites for hydroxylation is 1. The molecule has 176 valence electrons. The van der Waals surface area contributed by atoms with Crippen molar-refractivity contribution in [2.75, 3.05) is 5.32 Å². The Hall–Kier alpha value is -4.06. The molecule has 6 nitrogen and oxygen atoms in total. The van der Waals surface area contributed by atoms with Crippen LogP contribution in [0.3, 0.4) is 0 Å². The Morgan fingerprint density at radius 1 is 0.971 bits per heavy atom. The number of para-hydroxylation sites is 1. The standard InChI is InChI=1S/C29H27N3O3/c1-18-14-15-25(30-17-18)32-29(34)26-19(2)31-23-12-7-13-24(33)28(23)27(26)20-8-6-11-22(16-20)35-21-9-4-3-5-10-21/h3-6,8-11,14-17,26-27H,7,12-13H2,1-2H3,(H,30,32,34)/t26?,27-/m1/s1. The van der Waals surface area contributed by atoms with E-state index in [1.807, 2.05) is 74.5 Å². The Morgan fingerprint density at radius 3 is 2.54 bits per heavy atom. The van der Waals surface area contributed by atoms with Gasteiger partial charge >= 0.3 is 0 Å². The molecule has 1 N–H and O–H groups in total. The third-order valence-electron chi connectivity index (χ3n) is 6.48. The van der Waals surface area contributed by atoms with Crippen molar-refractivity contribution >= 4 is 23.2 Å². The maximum absolute atomic E-state index is 13.6. The highest BCUT2D eigenvalue weighted by molar-refractivity contribution is 6.13. The van der Waals surface area contributed by atoms with Crippen LogP contribution in [0.25, 0.3) is 0 Å². The van der Waals surface area contributed by atoms with Crippen LogP contribution in [0, 0.1) is 12.8 Å². The molecule has 2 aromatic carbocycles. The second-order valence-electron chi connectivity index (χ2n) is 9.04. The van der Waals surface area contributed by atoms with Gasteiger partial charge in [0.15, 0.2) is 5.78 Å². The molecule has 0 spiro atoms. The summed E-state index contributed by atoms with van der Waals surface area (Å²) >= 11 is 0. The van der Waals surface area contributed by atoms with E-state index in [1.54, 1.807) is 12.3 Å². The molecular weight excluding hydrogens is 438 g/mol. The van der Waals surface area contributed by atoms with Crippen molar-refractivity contribution in [2.24, 2.45) is 10.9 Å². The number of ether oxygens (including phenoxy) is 1. The van der Waals surface area contributed by atoms with Gasteiger partial charge in [0.25, 0.3) is 0 Å². The minimum absolute atomic E-state index is 0.0631. The van der Waals surface area contributed by atoms with Crippen molar-refractivity contribution in [3.63, 3.8) is 0 Å². The van der Waals surface area contributed by atoms with Crippen molar-refractivity contribution in [1.82, 2.24) is 4.98 Å². The summed E-state index contributed by atoms with van der Waals surface area (Å²) in [4.78, 5) is 35.8. The first-order valence-electron chi connectivity index (χ1n) is 11.9. The van der Waals surface area contributed by atoms with E-state index in [1.165, 1.54) is 0 Å². The number of nitrogens with zero attached hydrogens (tertiary/aromatic N) is 2. The number of allylic oxidation sites excluding steroid dienone is 2. The number of aliphatic imine (C=N–C) groups is 1. The maximum atomic E-state index is 13.6. The summed E-state index contributed by atoms with van der Waals surface area (Å²) in [6, 6.07) is 20.9. The molecule has 0 saturated carbocycles. The van der Waals surface area contributed by atoms with Crippen LogP contribution in [-0.2, 0) is 9.59 Å². The van der Waals surface area contributed by atoms with Gasteiger partial charge in [-0.2, -0.15) is 0 Å². The molecule has 2 heterocycles. The fourth-order valence-corrected chi connectivity index (χ4v) is 4.85. The van der Waals surface area contributed by atoms with E-state index >= 15 is 0 Å². The van der Waals surface area contributed by atoms with Crippen LogP contribution in [0.1, 0.15) is 43.2 Å². The Labute approximate surface area is 204 Å². The molecule has 6 heteroatoms. The maximum Gasteiger partial charge on any atom is 0.235 e. The van der Waals surface area contributed by atoms with E-state index in [0.29, 0.717) is 29.3 Å². The zero-order valence-electron chi connectivity index (χ0n) is 19.8. The Bertz CT molecular complexity index is 1330. The highest BCUT2D eigenvalue weighted by Gasteiger charge is 2.42. The van der Waals surface area contributed by atoms with Crippen LogP contribution < -0.4 is 10.1 Å². The summed E-state index contributed by atoms with van der Waals surface area (Å²) < 4.78 is 6.06. The number of ketones is 1. The molecular formula is C29H27N3O3. The van der Waals surface area contributed by atoms with Crippen LogP contribution in [0.15, 0.2) is 89.2 Å². The number of pyridine rings is 1. The smallest absolute Gasteiger partial charge is 0.235 e. The molecule has 0 saturated heterocycles. The molecule has 0 radical (unpaired) electrons. The number of amides is 1. The van der Waals surface area contributed by atoms with Crippen molar-refractivity contribution in [3.05, 3.63) is 95.3 Å². The van der Waals surface area contributed by atoms with E-state index in [9.17, 15) is 9.59 Å². The molecule has 1 amide bonds. The van der Waals surface area contributed by atoms with Crippen molar-refractivity contribution < 1.29 is 14.3 Å². The van der Waals surface area contributed by atoms with Gasteiger partial charge in [-0.15, -0.1) is 0 Å². The van der Waals surface area contributed by atoms with E-state index in [0.717, 1.165) is 35.4 Å². The molecule has 5 rings (SSSR count). The largest absolute Gasteiger partial charge is 0.457 e. The lowest BCUT2D eigenvalue weighted by atomic mass is 9.71. The van der Waals surface area contributed by atoms with Gasteiger partial charge in [-0.1, -0.05) is 36.4 Å². The van der Waals surface area contributed by atoms with Crippen LogP contribution in [0.5, 0.6) is 11.5 Å². The second kappa shape index (κ2) is 9.66. The first-order chi connectivity index (χ1) is 17.0. The average Bonchev–Trinajstić information content (AvgIpc) is 2.85. The summed E-state index contributed by atoms with van der Waals surface area (Å²) in [5.74, 6) is 0.604. The summed E-state index contributed by atoms with van der Waals surface area (Å²) in [5, 5.41) is 2.94. The minimum atomic E-state index is -0.633. The average molecular weight is 466 g/mol. The zero-order valence-corrected chi connectivity index (χ0v) is 19.8. The first kappa shape index (κ1) is 22.7. The number of carbonyl (C=O) groups excluding carboxylic acids is 2. The number of aromatic nitrogens is 1. The molecule has 2 atom stereocenters. The summed E-state index contributed by atoms with van der Waals surface area (Å²) in [6.07, 6.45) is 3.70. The Balaban J connectivity index is 1.54. The van der Waals surface area contributed by atoms with Gasteiger partial charge in [-0.25, -0.2) is 4.98 Å². The third kappa shape index (κ3) is 4.78. The number of benzene rings is 2. The number of nitrogens with one attached hydrogen (secondary N) is 1. The lowest BCUT2D eigenvalue weighted by Gasteiger charge is -2.35. The first-order valence-corrected chi connectivity index (χ1v) is 11.9. The van der Waals surface area contributed by atoms with Crippen LogP contribution in [-0.4, -0.2) is 22.4 Å². The number of rotatable bonds is 5. The fraction of sp³-hybridized carbons (Fsp3) is 0.241. The zero-order chi connectivity index (χ0) is 24.4. The molecule has 1 aromatic heterocycles. The van der Waals surface area contributed by atoms with Crippen molar-refractivity contribution in [1.29, 1.82) is 0 Å². The van der Waals surface area contributed by atoms with E-state index in [4.69, 9.17) is 9.73 Å². The normalized spacial score (nSPS) is 19.6. The van der Waals surface area contributed by atoms with Gasteiger partial charge in [-0.3, -0.25) is 14.6 Å². The molecule has 2 aliphatic rings. The molecule has 0 fully saturated rings. The van der Waals surface area contributed by atoms with Gasteiger partial charge in [0.05, 0.1) is 5.92 Å². The molecule has 1 unspecified atom stereocenters. The topological polar surface area (TPSA) is 80.6 Å². The monoisotopic (exact) mass is 465 g/mol. The fourth-order valence-electron chi connectivity index (χ4n) is 4.85. The number of anilines is 1. The van der Waals surface area contributed by atoms with Gasteiger partial charge in [0.1, 0.15) is 17.3 Å². The second-order valence-corrected chi connectivity index (χ2v) is 9.04. The quantitative estimate of drug-likeness (QED) is 0.501. The number of hydrogen-bond acceptors (Lipinski definition) is 5. The summed E-state index contributed by atoms with van der Waals surface area (Å²) in [6.45, 7) is 3.81. The van der Waals surface area contributed by atoms with E-state index in [2.05, 4.69) is 10.3 Å². The minimum Gasteiger partial charge on any atom is -0.457 e. The predicted molar refractivity (Wildman–Crippen MR) is 136 cm³/mol. The number of hydrogen-bond donors (Lipinski definition) is 1. The Kier molecular flexibility index (Phi) is 6.27. The molecule has 3 aromatic rings. The number of Topliss-reactive ketones (excluding diaryl/α,β-unsaturated/α-hetero) is 1. The number of carbonyl (C=O) groups is 2. The third-order valence-corrected chi connectivity index (χ3v) is 6.48. The van der Waals surface area contributed by atoms with Crippen LogP contribution in [0.4, 0.5) is 5.82 Å². The summed E-state index contributed by atoms with van der Waals surface area (Å²) in [7, 11) is 0. The predicted octanol–water partition coefficient (Wildman–Crippen LogP) is 6.00. The molecule has 35 heavy (non-hydrogen) atoms. The molecule has 0 bridgehead atoms. The SMILES string of the molecule is CC1=NC2=C(C(=O)CCC2)[C@H](c2cccc(Oc3ccccc3)c2)C1C(=O)Nc1ccc(C)cn1. The highest BCUT2D eigenvalue weighted by Crippen LogP contribution is 2.44. The van der Waals surface area contributed by atoms with E-state index in [-0.39, 0.29) is 11.7 Å². The van der Waals surface area contributed by atoms with Crippen LogP contribution >= 0.6 is 0 Å². The lowest BCUT2D eigenvalue weighted by molar-refractivity contribution is -0.119. The van der Waals surface area contributed by atoms with Crippen molar-refractivity contribution in [2.45, 2.75) is 39.0 Å². The van der Waals surface area contributed by atoms with Gasteiger partial charge < -0.3 is 10.1 Å². The van der Waals surface area contributed by atoms with E-state index < -0.39 is 11.8 Å². The van der Waals surface area contributed by atoms with Crippen molar-refractivity contribution in [3.8, 4) is 11.5 Å². The van der Waals surface area contributed by atoms with Gasteiger partial charge in [0, 0.05) is 35.5 Å². The van der Waals surface area contributed by atoms with Gasteiger partial charge in [-0.05, 0) is 68.1 Å². The lowest BCUT2D eigenvalue weighted by Crippen LogP contribution is -2.39. The van der Waals surface area contributed by atoms with Gasteiger partial charge in [0.2, 0.25) is 5.91 Å². The molecule has 1 aliphatic heterocycles. The molecule has 1 aliphatic carbocycles. The summed E-state index contributed by atoms with van der Waals surface area (Å²) in [5.41, 5.74) is 4.01. The van der Waals surface area contributed by atoms with Crippen LogP contribution in [0.2, 0.25) is 0 Å². The highest BCUT2D eigenvalue weighted by atomic mass is 16.5.